The molecule has 2 aromatic rings. The van der Waals surface area contributed by atoms with Crippen molar-refractivity contribution in [1.82, 2.24) is 20.1 Å². The summed E-state index contributed by atoms with van der Waals surface area (Å²) < 4.78 is 12.9. The molecule has 128 valence electrons. The van der Waals surface area contributed by atoms with E-state index in [1.54, 1.807) is 0 Å². The molecule has 23 heavy (non-hydrogen) atoms. The second-order valence-electron chi connectivity index (χ2n) is 5.58. The molecule has 0 fully saturated rings. The average molecular weight is 320 g/mol. The average Bonchev–Trinajstić information content (AvgIpc) is 2.82. The fourth-order valence-electron chi connectivity index (χ4n) is 2.66. The van der Waals surface area contributed by atoms with Crippen molar-refractivity contribution in [3.05, 3.63) is 23.5 Å². The first kappa shape index (κ1) is 17.8. The van der Waals surface area contributed by atoms with Crippen LogP contribution in [0.15, 0.2) is 12.3 Å². The van der Waals surface area contributed by atoms with E-state index in [-0.39, 0.29) is 6.29 Å². The maximum atomic E-state index is 5.54. The Hall–Kier alpha value is -1.50. The fourth-order valence-corrected chi connectivity index (χ4v) is 2.66. The number of hydrogen-bond donors (Lipinski definition) is 1. The molecular formula is C17H28N4O2. The summed E-state index contributed by atoms with van der Waals surface area (Å²) >= 11 is 0. The maximum Gasteiger partial charge on any atom is 0.157 e. The van der Waals surface area contributed by atoms with Gasteiger partial charge in [0.1, 0.15) is 0 Å². The summed E-state index contributed by atoms with van der Waals surface area (Å²) in [5, 5.41) is 8.98. The zero-order chi connectivity index (χ0) is 16.7. The van der Waals surface area contributed by atoms with Crippen LogP contribution in [0.1, 0.15) is 37.9 Å². The van der Waals surface area contributed by atoms with E-state index >= 15 is 0 Å². The van der Waals surface area contributed by atoms with Gasteiger partial charge in [0, 0.05) is 38.4 Å². The van der Waals surface area contributed by atoms with Gasteiger partial charge in [-0.25, -0.2) is 4.98 Å². The molecule has 2 rings (SSSR count). The van der Waals surface area contributed by atoms with E-state index in [0.29, 0.717) is 13.2 Å². The van der Waals surface area contributed by atoms with Crippen molar-refractivity contribution in [3.63, 3.8) is 0 Å². The molecule has 0 aliphatic carbocycles. The van der Waals surface area contributed by atoms with Gasteiger partial charge in [0.25, 0.3) is 0 Å². The van der Waals surface area contributed by atoms with Crippen LogP contribution in [0.25, 0.3) is 11.0 Å². The van der Waals surface area contributed by atoms with Gasteiger partial charge >= 0.3 is 0 Å². The molecule has 0 spiro atoms. The second-order valence-corrected chi connectivity index (χ2v) is 5.58. The monoisotopic (exact) mass is 320 g/mol. The van der Waals surface area contributed by atoms with Crippen molar-refractivity contribution >= 4 is 11.0 Å². The maximum absolute atomic E-state index is 5.54. The van der Waals surface area contributed by atoms with Crippen molar-refractivity contribution in [1.29, 1.82) is 0 Å². The zero-order valence-corrected chi connectivity index (χ0v) is 14.6. The van der Waals surface area contributed by atoms with Gasteiger partial charge in [0.2, 0.25) is 0 Å². The molecule has 0 aliphatic heterocycles. The summed E-state index contributed by atoms with van der Waals surface area (Å²) in [5.74, 6) is 0. The third-order valence-electron chi connectivity index (χ3n) is 3.75. The third-order valence-corrected chi connectivity index (χ3v) is 3.75. The van der Waals surface area contributed by atoms with E-state index in [9.17, 15) is 0 Å². The minimum absolute atomic E-state index is 0.0807. The van der Waals surface area contributed by atoms with Crippen LogP contribution in [0.3, 0.4) is 0 Å². The van der Waals surface area contributed by atoms with Gasteiger partial charge in [-0.2, -0.15) is 5.10 Å². The van der Waals surface area contributed by atoms with Gasteiger partial charge in [-0.15, -0.1) is 0 Å². The Morgan fingerprint density at radius 2 is 2.00 bits per heavy atom. The molecule has 0 amide bonds. The molecule has 0 unspecified atom stereocenters. The quantitative estimate of drug-likeness (QED) is 0.538. The predicted octanol–water partition coefficient (Wildman–Crippen LogP) is 2.55. The summed E-state index contributed by atoms with van der Waals surface area (Å²) in [7, 11) is 1.92. The standard InChI is InChI=1S/C17H28N4O2/c1-5-22-16(23-6-2)8-7-9-18-11-14-10-15-13(3)20-21(4)17(15)19-12-14/h10,12,16,18H,5-9,11H2,1-4H3. The molecule has 6 nitrogen and oxygen atoms in total. The van der Waals surface area contributed by atoms with Gasteiger partial charge < -0.3 is 14.8 Å². The van der Waals surface area contributed by atoms with Crippen molar-refractivity contribution in [2.75, 3.05) is 19.8 Å². The van der Waals surface area contributed by atoms with Crippen molar-refractivity contribution < 1.29 is 9.47 Å². The molecular weight excluding hydrogens is 292 g/mol. The molecule has 0 aliphatic rings. The first-order valence-corrected chi connectivity index (χ1v) is 8.37. The summed E-state index contributed by atoms with van der Waals surface area (Å²) in [6, 6.07) is 2.17. The Morgan fingerprint density at radius 1 is 1.26 bits per heavy atom. The highest BCUT2D eigenvalue weighted by Gasteiger charge is 2.08. The van der Waals surface area contributed by atoms with E-state index < -0.39 is 0 Å². The molecule has 0 aromatic carbocycles. The number of nitrogens with zero attached hydrogens (tertiary/aromatic N) is 3. The highest BCUT2D eigenvalue weighted by molar-refractivity contribution is 5.78. The van der Waals surface area contributed by atoms with Gasteiger partial charge in [0.15, 0.2) is 11.9 Å². The molecule has 2 heterocycles. The minimum atomic E-state index is -0.0807. The molecule has 1 N–H and O–H groups in total. The van der Waals surface area contributed by atoms with E-state index in [1.165, 1.54) is 5.56 Å². The van der Waals surface area contributed by atoms with Gasteiger partial charge in [-0.3, -0.25) is 4.68 Å². The van der Waals surface area contributed by atoms with Gasteiger partial charge in [-0.1, -0.05) is 0 Å². The molecule has 0 bridgehead atoms. The summed E-state index contributed by atoms with van der Waals surface area (Å²) in [6.07, 6.45) is 3.77. The lowest BCUT2D eigenvalue weighted by Gasteiger charge is -2.16. The number of ether oxygens (including phenoxy) is 2. The van der Waals surface area contributed by atoms with Crippen molar-refractivity contribution in [2.45, 2.75) is 46.4 Å². The Morgan fingerprint density at radius 3 is 2.70 bits per heavy atom. The van der Waals surface area contributed by atoms with Crippen LogP contribution >= 0.6 is 0 Å². The Labute approximate surface area is 138 Å². The smallest absolute Gasteiger partial charge is 0.157 e. The van der Waals surface area contributed by atoms with E-state index in [1.807, 2.05) is 38.7 Å². The minimum Gasteiger partial charge on any atom is -0.353 e. The van der Waals surface area contributed by atoms with E-state index in [2.05, 4.69) is 21.5 Å². The van der Waals surface area contributed by atoms with Crippen LogP contribution < -0.4 is 5.32 Å². The number of rotatable bonds is 10. The van der Waals surface area contributed by atoms with Gasteiger partial charge in [0.05, 0.1) is 5.69 Å². The lowest BCUT2D eigenvalue weighted by molar-refractivity contribution is -0.139. The molecule has 0 radical (unpaired) electrons. The molecule has 2 aromatic heterocycles. The number of nitrogens with one attached hydrogen (secondary N) is 1. The number of aromatic nitrogens is 3. The number of fused-ring (bicyclic) bond motifs is 1. The molecule has 0 atom stereocenters. The number of pyridine rings is 1. The predicted molar refractivity (Wildman–Crippen MR) is 91.2 cm³/mol. The first-order chi connectivity index (χ1) is 11.2. The van der Waals surface area contributed by atoms with Crippen molar-refractivity contribution in [3.8, 4) is 0 Å². The Balaban J connectivity index is 1.77. The topological polar surface area (TPSA) is 61.2 Å². The lowest BCUT2D eigenvalue weighted by Crippen LogP contribution is -2.21. The second kappa shape index (κ2) is 8.96. The number of aryl methyl sites for hydroxylation is 2. The highest BCUT2D eigenvalue weighted by atomic mass is 16.7. The lowest BCUT2D eigenvalue weighted by atomic mass is 10.2. The number of hydrogen-bond acceptors (Lipinski definition) is 5. The van der Waals surface area contributed by atoms with E-state index in [0.717, 1.165) is 42.7 Å². The van der Waals surface area contributed by atoms with Crippen LogP contribution in [0.4, 0.5) is 0 Å². The molecule has 6 heteroatoms. The third kappa shape index (κ3) is 4.99. The van der Waals surface area contributed by atoms with Crippen LogP contribution in [0.5, 0.6) is 0 Å². The normalized spacial score (nSPS) is 11.7. The SMILES string of the molecule is CCOC(CCCNCc1cnc2c(c1)c(C)nn2C)OCC. The van der Waals surface area contributed by atoms with E-state index in [4.69, 9.17) is 9.47 Å². The Bertz CT molecular complexity index is 606. The molecule has 0 saturated carbocycles. The van der Waals surface area contributed by atoms with Crippen molar-refractivity contribution in [2.24, 2.45) is 7.05 Å². The zero-order valence-electron chi connectivity index (χ0n) is 14.6. The first-order valence-electron chi connectivity index (χ1n) is 8.37. The Kier molecular flexibility index (Phi) is 6.95. The fraction of sp³-hybridized carbons (Fsp3) is 0.647. The summed E-state index contributed by atoms with van der Waals surface area (Å²) in [6.45, 7) is 9.12. The van der Waals surface area contributed by atoms with Crippen LogP contribution in [-0.4, -0.2) is 40.8 Å². The largest absolute Gasteiger partial charge is 0.353 e. The van der Waals surface area contributed by atoms with Crippen LogP contribution in [0.2, 0.25) is 0 Å². The van der Waals surface area contributed by atoms with Gasteiger partial charge in [-0.05, 0) is 51.8 Å². The summed E-state index contributed by atoms with van der Waals surface area (Å²) in [5.41, 5.74) is 3.13. The summed E-state index contributed by atoms with van der Waals surface area (Å²) in [4.78, 5) is 4.50. The van der Waals surface area contributed by atoms with Crippen LogP contribution in [-0.2, 0) is 23.1 Å². The highest BCUT2D eigenvalue weighted by Crippen LogP contribution is 2.16. The molecule has 0 saturated heterocycles. The van der Waals surface area contributed by atoms with Crippen LogP contribution in [0, 0.1) is 6.92 Å².